The first-order valence-electron chi connectivity index (χ1n) is 5.87. The van der Waals surface area contributed by atoms with E-state index in [1.54, 1.807) is 6.07 Å². The Balaban J connectivity index is 2.19. The summed E-state index contributed by atoms with van der Waals surface area (Å²) < 4.78 is 26.5. The Hall–Kier alpha value is -3.01. The number of nitro groups is 1. The highest BCUT2D eigenvalue weighted by Crippen LogP contribution is 2.22. The zero-order valence-corrected chi connectivity index (χ0v) is 10.6. The monoisotopic (exact) mass is 289 g/mol. The minimum absolute atomic E-state index is 0.00767. The molecule has 7 heteroatoms. The number of nitriles is 1. The first-order chi connectivity index (χ1) is 10.0. The maximum atomic E-state index is 13.4. The molecule has 0 aliphatic rings. The van der Waals surface area contributed by atoms with Gasteiger partial charge in [0.1, 0.15) is 23.3 Å². The lowest BCUT2D eigenvalue weighted by Gasteiger charge is -2.08. The van der Waals surface area contributed by atoms with Gasteiger partial charge in [0.05, 0.1) is 4.92 Å². The fourth-order valence-electron chi connectivity index (χ4n) is 1.77. The zero-order chi connectivity index (χ0) is 15.4. The summed E-state index contributed by atoms with van der Waals surface area (Å²) in [6.45, 7) is -0.00767. The Labute approximate surface area is 118 Å². The summed E-state index contributed by atoms with van der Waals surface area (Å²) in [7, 11) is 0. The molecule has 0 heterocycles. The van der Waals surface area contributed by atoms with Gasteiger partial charge in [-0.3, -0.25) is 10.1 Å². The number of rotatable bonds is 4. The van der Waals surface area contributed by atoms with Crippen molar-refractivity contribution in [3.8, 4) is 6.07 Å². The van der Waals surface area contributed by atoms with E-state index in [-0.39, 0.29) is 23.4 Å². The maximum Gasteiger partial charge on any atom is 0.287 e. The van der Waals surface area contributed by atoms with Crippen molar-refractivity contribution in [2.75, 3.05) is 5.32 Å². The molecule has 2 aromatic carbocycles. The van der Waals surface area contributed by atoms with Crippen LogP contribution in [0.5, 0.6) is 0 Å². The van der Waals surface area contributed by atoms with E-state index in [9.17, 15) is 18.9 Å². The van der Waals surface area contributed by atoms with E-state index in [1.807, 2.05) is 0 Å². The van der Waals surface area contributed by atoms with Gasteiger partial charge in [-0.1, -0.05) is 0 Å². The van der Waals surface area contributed by atoms with Crippen LogP contribution in [-0.4, -0.2) is 4.92 Å². The van der Waals surface area contributed by atoms with Crippen LogP contribution < -0.4 is 5.32 Å². The first kappa shape index (κ1) is 14.4. The van der Waals surface area contributed by atoms with Gasteiger partial charge >= 0.3 is 0 Å². The Morgan fingerprint density at radius 2 is 2.00 bits per heavy atom. The quantitative estimate of drug-likeness (QED) is 0.691. The topological polar surface area (TPSA) is 79.0 Å². The molecular weight excluding hydrogens is 280 g/mol. The number of nitrogens with one attached hydrogen (secondary N) is 1. The Morgan fingerprint density at radius 1 is 1.24 bits per heavy atom. The van der Waals surface area contributed by atoms with Crippen molar-refractivity contribution in [3.63, 3.8) is 0 Å². The van der Waals surface area contributed by atoms with Gasteiger partial charge in [0.15, 0.2) is 0 Å². The normalized spacial score (nSPS) is 9.95. The lowest BCUT2D eigenvalue weighted by atomic mass is 10.1. The third-order valence-electron chi connectivity index (χ3n) is 2.80. The Kier molecular flexibility index (Phi) is 4.09. The summed E-state index contributed by atoms with van der Waals surface area (Å²) in [4.78, 5) is 10.0. The van der Waals surface area contributed by atoms with Crippen LogP contribution in [0, 0.1) is 33.1 Å². The van der Waals surface area contributed by atoms with E-state index in [1.165, 1.54) is 18.2 Å². The van der Waals surface area contributed by atoms with Gasteiger partial charge in [-0.15, -0.1) is 0 Å². The van der Waals surface area contributed by atoms with Gasteiger partial charge in [0.25, 0.3) is 5.69 Å². The Bertz CT molecular complexity index is 741. The van der Waals surface area contributed by atoms with Crippen LogP contribution in [0.1, 0.15) is 11.1 Å². The molecule has 0 bridgehead atoms. The SMILES string of the molecule is N#Cc1cc(NCc2cc(F)ccc2F)ccc1[N+](=O)[O-]. The molecule has 0 aliphatic carbocycles. The van der Waals surface area contributed by atoms with Crippen molar-refractivity contribution < 1.29 is 13.7 Å². The van der Waals surface area contributed by atoms with Crippen molar-refractivity contribution in [1.29, 1.82) is 5.26 Å². The molecule has 0 unspecified atom stereocenters. The van der Waals surface area contributed by atoms with Crippen molar-refractivity contribution >= 4 is 11.4 Å². The number of hydrogen-bond donors (Lipinski definition) is 1. The van der Waals surface area contributed by atoms with Crippen molar-refractivity contribution in [2.24, 2.45) is 0 Å². The molecule has 0 saturated carbocycles. The molecule has 21 heavy (non-hydrogen) atoms. The predicted molar refractivity (Wildman–Crippen MR) is 71.5 cm³/mol. The number of benzene rings is 2. The van der Waals surface area contributed by atoms with Gasteiger partial charge in [0.2, 0.25) is 0 Å². The molecule has 0 spiro atoms. The molecule has 0 amide bonds. The van der Waals surface area contributed by atoms with Crippen LogP contribution in [0.25, 0.3) is 0 Å². The number of nitro benzene ring substituents is 1. The van der Waals surface area contributed by atoms with E-state index in [0.29, 0.717) is 5.69 Å². The molecule has 5 nitrogen and oxygen atoms in total. The summed E-state index contributed by atoms with van der Waals surface area (Å²) in [5, 5.41) is 22.4. The zero-order valence-electron chi connectivity index (χ0n) is 10.6. The van der Waals surface area contributed by atoms with Gasteiger partial charge in [-0.2, -0.15) is 5.26 Å². The second-order valence-corrected chi connectivity index (χ2v) is 4.19. The average Bonchev–Trinajstić information content (AvgIpc) is 2.47. The molecular formula is C14H9F2N3O2. The fourth-order valence-corrected chi connectivity index (χ4v) is 1.77. The Morgan fingerprint density at radius 3 is 2.67 bits per heavy atom. The molecule has 0 radical (unpaired) electrons. The summed E-state index contributed by atoms with van der Waals surface area (Å²) in [5.74, 6) is -1.12. The van der Waals surface area contributed by atoms with Gasteiger partial charge in [-0.25, -0.2) is 8.78 Å². The minimum atomic E-state index is -0.658. The molecule has 0 atom stereocenters. The fraction of sp³-hybridized carbons (Fsp3) is 0.0714. The number of nitrogens with zero attached hydrogens (tertiary/aromatic N) is 2. The first-order valence-corrected chi connectivity index (χ1v) is 5.87. The van der Waals surface area contributed by atoms with Gasteiger partial charge in [0, 0.05) is 23.9 Å². The third kappa shape index (κ3) is 3.30. The van der Waals surface area contributed by atoms with Crippen LogP contribution in [0.3, 0.4) is 0 Å². The molecule has 0 saturated heterocycles. The standard InChI is InChI=1S/C14H9F2N3O2/c15-11-1-3-13(16)10(5-11)8-18-12-2-4-14(19(20)21)9(6-12)7-17/h1-6,18H,8H2. The second-order valence-electron chi connectivity index (χ2n) is 4.19. The van der Waals surface area contributed by atoms with Gasteiger partial charge < -0.3 is 5.32 Å². The number of anilines is 1. The summed E-state index contributed by atoms with van der Waals surface area (Å²) in [6.07, 6.45) is 0. The summed E-state index contributed by atoms with van der Waals surface area (Å²) >= 11 is 0. The van der Waals surface area contributed by atoms with Crippen LogP contribution in [0.2, 0.25) is 0 Å². The highest BCUT2D eigenvalue weighted by atomic mass is 19.1. The third-order valence-corrected chi connectivity index (χ3v) is 2.80. The number of halogens is 2. The highest BCUT2D eigenvalue weighted by molar-refractivity contribution is 5.58. The molecule has 2 aromatic rings. The second kappa shape index (κ2) is 5.96. The van der Waals surface area contributed by atoms with Crippen LogP contribution >= 0.6 is 0 Å². The molecule has 106 valence electrons. The van der Waals surface area contributed by atoms with Crippen LogP contribution in [0.4, 0.5) is 20.2 Å². The summed E-state index contributed by atoms with van der Waals surface area (Å²) in [6, 6.07) is 8.67. The van der Waals surface area contributed by atoms with E-state index < -0.39 is 16.6 Å². The molecule has 2 rings (SSSR count). The van der Waals surface area contributed by atoms with Crippen molar-refractivity contribution in [3.05, 3.63) is 69.3 Å². The van der Waals surface area contributed by atoms with Crippen LogP contribution in [0.15, 0.2) is 36.4 Å². The van der Waals surface area contributed by atoms with Crippen LogP contribution in [-0.2, 0) is 6.54 Å². The summed E-state index contributed by atoms with van der Waals surface area (Å²) in [5.41, 5.74) is 0.109. The number of hydrogen-bond acceptors (Lipinski definition) is 4. The van der Waals surface area contributed by atoms with E-state index in [2.05, 4.69) is 5.32 Å². The molecule has 0 fully saturated rings. The average molecular weight is 289 g/mol. The van der Waals surface area contributed by atoms with Gasteiger partial charge in [-0.05, 0) is 30.3 Å². The van der Waals surface area contributed by atoms with E-state index >= 15 is 0 Å². The maximum absolute atomic E-state index is 13.4. The highest BCUT2D eigenvalue weighted by Gasteiger charge is 2.13. The van der Waals surface area contributed by atoms with Crippen molar-refractivity contribution in [1.82, 2.24) is 0 Å². The molecule has 0 aliphatic heterocycles. The predicted octanol–water partition coefficient (Wildman–Crippen LogP) is 3.36. The van der Waals surface area contributed by atoms with E-state index in [4.69, 9.17) is 5.26 Å². The molecule has 0 aromatic heterocycles. The lowest BCUT2D eigenvalue weighted by molar-refractivity contribution is -0.385. The van der Waals surface area contributed by atoms with E-state index in [0.717, 1.165) is 18.2 Å². The lowest BCUT2D eigenvalue weighted by Crippen LogP contribution is -2.03. The minimum Gasteiger partial charge on any atom is -0.381 e. The molecule has 1 N–H and O–H groups in total. The van der Waals surface area contributed by atoms with Crippen molar-refractivity contribution in [2.45, 2.75) is 6.54 Å². The largest absolute Gasteiger partial charge is 0.381 e. The smallest absolute Gasteiger partial charge is 0.287 e.